The number of ketones is 1. The zero-order chi connectivity index (χ0) is 26.0. The summed E-state index contributed by atoms with van der Waals surface area (Å²) in [6.45, 7) is 1.72. The molecule has 36 heavy (non-hydrogen) atoms. The molecule has 0 spiro atoms. The molecule has 0 aromatic heterocycles. The summed E-state index contributed by atoms with van der Waals surface area (Å²) in [5, 5.41) is 2.88. The minimum atomic E-state index is -4.83. The van der Waals surface area contributed by atoms with Crippen LogP contribution in [0.1, 0.15) is 21.5 Å². The summed E-state index contributed by atoms with van der Waals surface area (Å²) in [6, 6.07) is 17.9. The van der Waals surface area contributed by atoms with E-state index >= 15 is 0 Å². The summed E-state index contributed by atoms with van der Waals surface area (Å²) in [7, 11) is 0. The van der Waals surface area contributed by atoms with Crippen LogP contribution in [0.25, 0.3) is 11.1 Å². The topological polar surface area (TPSA) is 38.3 Å². The van der Waals surface area contributed by atoms with Crippen LogP contribution in [0, 0.1) is 18.6 Å². The number of hydrogen-bond donors (Lipinski definition) is 1. The van der Waals surface area contributed by atoms with Crippen LogP contribution in [-0.2, 0) is 0 Å². The first-order chi connectivity index (χ1) is 17.0. The van der Waals surface area contributed by atoms with Crippen molar-refractivity contribution in [2.24, 2.45) is 0 Å². The molecule has 184 valence electrons. The molecule has 0 fully saturated rings. The van der Waals surface area contributed by atoms with Crippen molar-refractivity contribution >= 4 is 28.8 Å². The van der Waals surface area contributed by atoms with Crippen molar-refractivity contribution in [3.8, 4) is 16.9 Å². The number of aryl methyl sites for hydroxylation is 1. The smallest absolute Gasteiger partial charge is 0.406 e. The van der Waals surface area contributed by atoms with Crippen LogP contribution in [-0.4, -0.2) is 12.1 Å². The van der Waals surface area contributed by atoms with E-state index in [0.717, 1.165) is 12.1 Å². The van der Waals surface area contributed by atoms with Crippen molar-refractivity contribution in [3.05, 3.63) is 112 Å². The molecule has 4 aromatic carbocycles. The van der Waals surface area contributed by atoms with Crippen LogP contribution >= 0.6 is 11.6 Å². The summed E-state index contributed by atoms with van der Waals surface area (Å²) in [5.41, 5.74) is 2.48. The molecule has 4 aromatic rings. The highest BCUT2D eigenvalue weighted by molar-refractivity contribution is 6.35. The number of halogens is 6. The Balaban J connectivity index is 1.62. The molecule has 0 atom stereocenters. The third-order valence-electron chi connectivity index (χ3n) is 5.31. The highest BCUT2D eigenvalue weighted by Gasteiger charge is 2.31. The predicted molar refractivity (Wildman–Crippen MR) is 128 cm³/mol. The number of carbonyl (C=O) groups is 1. The van der Waals surface area contributed by atoms with E-state index in [1.54, 1.807) is 31.2 Å². The molecule has 9 heteroatoms. The fourth-order valence-corrected chi connectivity index (χ4v) is 3.85. The van der Waals surface area contributed by atoms with Crippen LogP contribution in [0.4, 0.5) is 33.3 Å². The summed E-state index contributed by atoms with van der Waals surface area (Å²) in [6.07, 6.45) is -4.83. The van der Waals surface area contributed by atoms with E-state index in [0.29, 0.717) is 27.9 Å². The molecule has 0 aliphatic rings. The van der Waals surface area contributed by atoms with Gasteiger partial charge in [-0.2, -0.15) is 0 Å². The van der Waals surface area contributed by atoms with Gasteiger partial charge in [-0.1, -0.05) is 35.9 Å². The number of alkyl halides is 3. The van der Waals surface area contributed by atoms with E-state index in [9.17, 15) is 26.7 Å². The van der Waals surface area contributed by atoms with Gasteiger partial charge in [0.2, 0.25) is 0 Å². The molecule has 0 aliphatic heterocycles. The molecule has 3 nitrogen and oxygen atoms in total. The van der Waals surface area contributed by atoms with E-state index in [1.165, 1.54) is 42.5 Å². The Morgan fingerprint density at radius 1 is 0.861 bits per heavy atom. The maximum absolute atomic E-state index is 13.9. The molecular weight excluding hydrogens is 501 g/mol. The monoisotopic (exact) mass is 517 g/mol. The maximum Gasteiger partial charge on any atom is 0.573 e. The van der Waals surface area contributed by atoms with Crippen molar-refractivity contribution in [2.45, 2.75) is 13.3 Å². The number of nitrogens with one attached hydrogen (secondary N) is 1. The molecule has 0 aliphatic carbocycles. The molecule has 1 N–H and O–H groups in total. The van der Waals surface area contributed by atoms with Crippen LogP contribution in [0.15, 0.2) is 78.9 Å². The number of rotatable bonds is 6. The Morgan fingerprint density at radius 2 is 1.61 bits per heavy atom. The fraction of sp³-hybridized carbons (Fsp3) is 0.0741. The number of anilines is 2. The quantitative estimate of drug-likeness (QED) is 0.206. The Bertz CT molecular complexity index is 1450. The minimum absolute atomic E-state index is 0.0341. The van der Waals surface area contributed by atoms with E-state index < -0.39 is 23.8 Å². The zero-order valence-corrected chi connectivity index (χ0v) is 19.3. The average Bonchev–Trinajstić information content (AvgIpc) is 2.80. The first-order valence-electron chi connectivity index (χ1n) is 10.5. The van der Waals surface area contributed by atoms with E-state index in [2.05, 4.69) is 10.1 Å². The third-order valence-corrected chi connectivity index (χ3v) is 5.62. The SMILES string of the molecule is Cc1ccc(-c2cccc(OC(F)(F)F)c2)cc1C(=O)c1ccc(Nc2ccc(F)cc2F)cc1Cl. The summed E-state index contributed by atoms with van der Waals surface area (Å²) in [4.78, 5) is 13.3. The van der Waals surface area contributed by atoms with Gasteiger partial charge in [0.15, 0.2) is 5.78 Å². The second-order valence-electron chi connectivity index (χ2n) is 7.88. The van der Waals surface area contributed by atoms with Gasteiger partial charge in [0.05, 0.1) is 10.7 Å². The maximum atomic E-state index is 13.9. The predicted octanol–water partition coefficient (Wildman–Crippen LogP) is 8.47. The van der Waals surface area contributed by atoms with Gasteiger partial charge >= 0.3 is 6.36 Å². The highest BCUT2D eigenvalue weighted by Crippen LogP contribution is 2.31. The van der Waals surface area contributed by atoms with Crippen molar-refractivity contribution in [1.82, 2.24) is 0 Å². The second-order valence-corrected chi connectivity index (χ2v) is 8.29. The molecule has 0 saturated heterocycles. The Morgan fingerprint density at radius 3 is 2.31 bits per heavy atom. The Kier molecular flexibility index (Phi) is 6.99. The van der Waals surface area contributed by atoms with Gasteiger partial charge in [0, 0.05) is 22.9 Å². The van der Waals surface area contributed by atoms with Gasteiger partial charge in [-0.15, -0.1) is 13.2 Å². The van der Waals surface area contributed by atoms with Gasteiger partial charge in [-0.05, 0) is 72.1 Å². The fourth-order valence-electron chi connectivity index (χ4n) is 3.59. The Hall–Kier alpha value is -3.91. The molecule has 0 unspecified atom stereocenters. The van der Waals surface area contributed by atoms with E-state index in [-0.39, 0.29) is 22.0 Å². The average molecular weight is 518 g/mol. The lowest BCUT2D eigenvalue weighted by molar-refractivity contribution is -0.274. The standard InChI is InChI=1S/C27H17ClF5NO2/c1-15-5-6-17(16-3-2-4-20(11-16)36-27(31,32)33)12-22(15)26(35)21-9-8-19(14-23(21)28)34-25-10-7-18(29)13-24(25)30/h2-14,34H,1H3. The van der Waals surface area contributed by atoms with Gasteiger partial charge in [-0.3, -0.25) is 4.79 Å². The molecule has 4 rings (SSSR count). The molecule has 0 bridgehead atoms. The largest absolute Gasteiger partial charge is 0.573 e. The van der Waals surface area contributed by atoms with Crippen LogP contribution in [0.2, 0.25) is 5.02 Å². The van der Waals surface area contributed by atoms with Crippen molar-refractivity contribution < 1.29 is 31.5 Å². The second kappa shape index (κ2) is 9.99. The van der Waals surface area contributed by atoms with E-state index in [4.69, 9.17) is 11.6 Å². The van der Waals surface area contributed by atoms with E-state index in [1.807, 2.05) is 0 Å². The van der Waals surface area contributed by atoms with Crippen LogP contribution in [0.3, 0.4) is 0 Å². The first-order valence-corrected chi connectivity index (χ1v) is 10.9. The molecule has 0 saturated carbocycles. The number of benzene rings is 4. The lowest BCUT2D eigenvalue weighted by atomic mass is 9.94. The molecular formula is C27H17ClF5NO2. The van der Waals surface area contributed by atoms with Gasteiger partial charge < -0.3 is 10.1 Å². The number of carbonyl (C=O) groups excluding carboxylic acids is 1. The molecule has 0 radical (unpaired) electrons. The van der Waals surface area contributed by atoms with Crippen LogP contribution in [0.5, 0.6) is 5.75 Å². The highest BCUT2D eigenvalue weighted by atomic mass is 35.5. The van der Waals surface area contributed by atoms with Crippen molar-refractivity contribution in [3.63, 3.8) is 0 Å². The summed E-state index contributed by atoms with van der Waals surface area (Å²) >= 11 is 6.36. The number of ether oxygens (including phenoxy) is 1. The number of hydrogen-bond acceptors (Lipinski definition) is 3. The van der Waals surface area contributed by atoms with Gasteiger partial charge in [0.1, 0.15) is 17.4 Å². The Labute approximate surface area is 208 Å². The normalized spacial score (nSPS) is 11.3. The van der Waals surface area contributed by atoms with Crippen LogP contribution < -0.4 is 10.1 Å². The third kappa shape index (κ3) is 5.83. The summed E-state index contributed by atoms with van der Waals surface area (Å²) in [5.74, 6) is -2.28. The van der Waals surface area contributed by atoms with Gasteiger partial charge in [-0.25, -0.2) is 8.78 Å². The lowest BCUT2D eigenvalue weighted by Gasteiger charge is -2.13. The minimum Gasteiger partial charge on any atom is -0.406 e. The molecule has 0 amide bonds. The van der Waals surface area contributed by atoms with Crippen molar-refractivity contribution in [2.75, 3.05) is 5.32 Å². The summed E-state index contributed by atoms with van der Waals surface area (Å²) < 4.78 is 68.8. The first kappa shape index (κ1) is 25.2. The van der Waals surface area contributed by atoms with Crippen molar-refractivity contribution in [1.29, 1.82) is 0 Å². The zero-order valence-electron chi connectivity index (χ0n) is 18.6. The lowest BCUT2D eigenvalue weighted by Crippen LogP contribution is -2.17. The molecule has 0 heterocycles. The van der Waals surface area contributed by atoms with Gasteiger partial charge in [0.25, 0.3) is 0 Å².